The quantitative estimate of drug-likeness (QED) is 0.243. The van der Waals surface area contributed by atoms with Crippen LogP contribution >= 0.6 is 0 Å². The topological polar surface area (TPSA) is 88.5 Å². The SMILES string of the molecule is C[C@@H]1C(=O)O[C@@H]2C[C@H]1CC[C@]1(C)O[C@H]1CC[C@](C)(OO)/C=C\C[C@]2(C)O. The van der Waals surface area contributed by atoms with Crippen molar-refractivity contribution in [1.29, 1.82) is 0 Å². The van der Waals surface area contributed by atoms with Gasteiger partial charge in [-0.05, 0) is 65.2 Å². The summed E-state index contributed by atoms with van der Waals surface area (Å²) in [5, 5.41) is 20.2. The van der Waals surface area contributed by atoms with Gasteiger partial charge in [-0.15, -0.1) is 0 Å². The summed E-state index contributed by atoms with van der Waals surface area (Å²) in [5.74, 6) is -0.200. The summed E-state index contributed by atoms with van der Waals surface area (Å²) in [5.41, 5.74) is -2.16. The number of rotatable bonds is 1. The number of epoxide rings is 1. The van der Waals surface area contributed by atoms with Gasteiger partial charge in [-0.2, -0.15) is 0 Å². The number of aliphatic hydroxyl groups is 1. The van der Waals surface area contributed by atoms with Crippen LogP contribution in [0.4, 0.5) is 0 Å². The molecule has 148 valence electrons. The Morgan fingerprint density at radius 1 is 1.19 bits per heavy atom. The smallest absolute Gasteiger partial charge is 0.309 e. The highest BCUT2D eigenvalue weighted by Gasteiger charge is 2.53. The summed E-state index contributed by atoms with van der Waals surface area (Å²) in [7, 11) is 0. The van der Waals surface area contributed by atoms with Gasteiger partial charge in [-0.1, -0.05) is 19.1 Å². The minimum atomic E-state index is -1.16. The van der Waals surface area contributed by atoms with Crippen molar-refractivity contribution in [2.24, 2.45) is 11.8 Å². The molecule has 26 heavy (non-hydrogen) atoms. The molecule has 3 aliphatic rings. The molecular weight excluding hydrogens is 336 g/mol. The summed E-state index contributed by atoms with van der Waals surface area (Å²) < 4.78 is 11.5. The largest absolute Gasteiger partial charge is 0.459 e. The van der Waals surface area contributed by atoms with E-state index in [0.717, 1.165) is 19.3 Å². The maximum Gasteiger partial charge on any atom is 0.309 e. The number of carbonyl (C=O) groups excluding carboxylic acids is 1. The van der Waals surface area contributed by atoms with E-state index >= 15 is 0 Å². The number of hydrogen-bond acceptors (Lipinski definition) is 6. The maximum absolute atomic E-state index is 12.3. The highest BCUT2D eigenvalue weighted by Crippen LogP contribution is 2.46. The van der Waals surface area contributed by atoms with Crippen molar-refractivity contribution in [3.63, 3.8) is 0 Å². The number of ether oxygens (including phenoxy) is 2. The van der Waals surface area contributed by atoms with Crippen molar-refractivity contribution in [1.82, 2.24) is 0 Å². The van der Waals surface area contributed by atoms with Crippen molar-refractivity contribution in [2.75, 3.05) is 0 Å². The molecular formula is C20H32O6. The summed E-state index contributed by atoms with van der Waals surface area (Å²) >= 11 is 0. The van der Waals surface area contributed by atoms with Crippen LogP contribution in [0.15, 0.2) is 12.2 Å². The summed E-state index contributed by atoms with van der Waals surface area (Å²) in [6, 6.07) is 0. The van der Waals surface area contributed by atoms with E-state index in [1.54, 1.807) is 19.1 Å². The van der Waals surface area contributed by atoms with Crippen LogP contribution in [-0.2, 0) is 19.2 Å². The van der Waals surface area contributed by atoms with E-state index in [4.69, 9.17) is 14.4 Å². The Labute approximate surface area is 155 Å². The van der Waals surface area contributed by atoms with Crippen LogP contribution in [-0.4, -0.2) is 45.3 Å². The average Bonchev–Trinajstić information content (AvgIpc) is 3.24. The molecule has 2 heterocycles. The molecule has 7 atom stereocenters. The second kappa shape index (κ2) is 6.89. The molecule has 0 unspecified atom stereocenters. The third kappa shape index (κ3) is 3.98. The van der Waals surface area contributed by atoms with Gasteiger partial charge in [0, 0.05) is 0 Å². The van der Waals surface area contributed by atoms with Gasteiger partial charge in [-0.3, -0.25) is 10.1 Å². The fourth-order valence-corrected chi connectivity index (χ4v) is 4.32. The van der Waals surface area contributed by atoms with Crippen molar-refractivity contribution in [3.05, 3.63) is 12.2 Å². The first kappa shape index (κ1) is 19.8. The monoisotopic (exact) mass is 368 g/mol. The highest BCUT2D eigenvalue weighted by molar-refractivity contribution is 5.73. The lowest BCUT2D eigenvalue weighted by Gasteiger charge is -2.40. The molecule has 0 saturated carbocycles. The van der Waals surface area contributed by atoms with Crippen molar-refractivity contribution < 1.29 is 29.5 Å². The van der Waals surface area contributed by atoms with Gasteiger partial charge in [0.05, 0.1) is 17.6 Å². The molecule has 0 aromatic rings. The molecule has 3 rings (SSSR count). The van der Waals surface area contributed by atoms with Gasteiger partial charge in [-0.25, -0.2) is 4.89 Å². The predicted molar refractivity (Wildman–Crippen MR) is 95.4 cm³/mol. The number of hydrogen-bond donors (Lipinski definition) is 2. The first-order valence-corrected chi connectivity index (χ1v) is 9.69. The standard InChI is InChI=1S/C20H32O6/c1-13-14-6-11-20(4)15(25-20)7-10-18(2,26-23)8-5-9-19(3,22)16(12-14)24-17(13)21/h5,8,13-16,22-23H,6-7,9-12H2,1-4H3/b8-5-/t13-,14+,15-,16+,18+,19-,20-/m0/s1. The van der Waals surface area contributed by atoms with Crippen LogP contribution < -0.4 is 0 Å². The van der Waals surface area contributed by atoms with Crippen LogP contribution in [0.3, 0.4) is 0 Å². The molecule has 0 radical (unpaired) electrons. The van der Waals surface area contributed by atoms with Crippen LogP contribution in [0, 0.1) is 11.8 Å². The second-order valence-electron chi connectivity index (χ2n) is 9.07. The van der Waals surface area contributed by atoms with Crippen LogP contribution in [0.1, 0.15) is 66.2 Å². The average molecular weight is 368 g/mol. The first-order chi connectivity index (χ1) is 12.1. The maximum atomic E-state index is 12.3. The minimum absolute atomic E-state index is 0.151. The number of fused-ring (bicyclic) bond motifs is 3. The number of carbonyl (C=O) groups is 1. The van der Waals surface area contributed by atoms with Crippen LogP contribution in [0.2, 0.25) is 0 Å². The van der Waals surface area contributed by atoms with Gasteiger partial charge in [0.1, 0.15) is 17.3 Å². The van der Waals surface area contributed by atoms with E-state index in [-0.39, 0.29) is 29.5 Å². The molecule has 0 spiro atoms. The van der Waals surface area contributed by atoms with Gasteiger partial charge in [0.15, 0.2) is 0 Å². The third-order valence-corrected chi connectivity index (χ3v) is 6.71. The molecule has 2 aliphatic heterocycles. The molecule has 2 N–H and O–H groups in total. The zero-order valence-corrected chi connectivity index (χ0v) is 16.2. The van der Waals surface area contributed by atoms with E-state index in [2.05, 4.69) is 6.92 Å². The zero-order chi connectivity index (χ0) is 19.2. The Bertz CT molecular complexity index is 573. The lowest BCUT2D eigenvalue weighted by molar-refractivity contribution is -0.304. The zero-order valence-electron chi connectivity index (χ0n) is 16.2. The van der Waals surface area contributed by atoms with E-state index in [1.807, 2.05) is 13.8 Å². The van der Waals surface area contributed by atoms with Crippen LogP contribution in [0.5, 0.6) is 0 Å². The lowest BCUT2D eigenvalue weighted by atomic mass is 9.76. The molecule has 0 amide bonds. The number of esters is 1. The van der Waals surface area contributed by atoms with Gasteiger partial charge >= 0.3 is 5.97 Å². The van der Waals surface area contributed by atoms with E-state index in [1.165, 1.54) is 0 Å². The first-order valence-electron chi connectivity index (χ1n) is 9.69. The molecule has 0 aromatic carbocycles. The molecule has 2 fully saturated rings. The summed E-state index contributed by atoms with van der Waals surface area (Å²) in [6.45, 7) is 7.53. The molecule has 6 heteroatoms. The second-order valence-corrected chi connectivity index (χ2v) is 9.07. The Balaban J connectivity index is 1.83. The third-order valence-electron chi connectivity index (χ3n) is 6.71. The molecule has 2 saturated heterocycles. The van der Waals surface area contributed by atoms with E-state index < -0.39 is 17.3 Å². The Morgan fingerprint density at radius 2 is 1.92 bits per heavy atom. The molecule has 0 aromatic heterocycles. The van der Waals surface area contributed by atoms with Gasteiger partial charge in [0.2, 0.25) is 0 Å². The van der Waals surface area contributed by atoms with Crippen molar-refractivity contribution in [3.8, 4) is 0 Å². The van der Waals surface area contributed by atoms with Gasteiger partial charge in [0.25, 0.3) is 0 Å². The van der Waals surface area contributed by atoms with Crippen molar-refractivity contribution >= 4 is 5.97 Å². The Hall–Kier alpha value is -0.950. The minimum Gasteiger partial charge on any atom is -0.459 e. The summed E-state index contributed by atoms with van der Waals surface area (Å²) in [6.07, 6.45) is 7.34. The lowest BCUT2D eigenvalue weighted by Crippen LogP contribution is -2.49. The Morgan fingerprint density at radius 3 is 2.62 bits per heavy atom. The fraction of sp³-hybridized carbons (Fsp3) is 0.850. The summed E-state index contributed by atoms with van der Waals surface area (Å²) in [4.78, 5) is 17.0. The van der Waals surface area contributed by atoms with E-state index in [9.17, 15) is 15.2 Å². The van der Waals surface area contributed by atoms with E-state index in [0.29, 0.717) is 19.3 Å². The molecule has 1 aliphatic carbocycles. The normalized spacial score (nSPS) is 50.9. The van der Waals surface area contributed by atoms with Crippen molar-refractivity contribution in [2.45, 2.75) is 95.2 Å². The Kier molecular flexibility index (Phi) is 5.25. The van der Waals surface area contributed by atoms with Crippen LogP contribution in [0.25, 0.3) is 0 Å². The predicted octanol–water partition coefficient (Wildman–Crippen LogP) is 3.23. The fourth-order valence-electron chi connectivity index (χ4n) is 4.32. The highest BCUT2D eigenvalue weighted by atomic mass is 17.1. The van der Waals surface area contributed by atoms with Gasteiger partial charge < -0.3 is 14.6 Å². The molecule has 2 bridgehead atoms. The molecule has 6 nitrogen and oxygen atoms in total.